The van der Waals surface area contributed by atoms with Crippen molar-refractivity contribution in [1.82, 2.24) is 4.72 Å². The van der Waals surface area contributed by atoms with Gasteiger partial charge in [-0.3, -0.25) is 4.79 Å². The Morgan fingerprint density at radius 2 is 1.67 bits per heavy atom. The largest absolute Gasteiger partial charge is 0.325 e. The van der Waals surface area contributed by atoms with E-state index in [2.05, 4.69) is 26.0 Å². The Morgan fingerprint density at radius 3 is 2.25 bits per heavy atom. The van der Waals surface area contributed by atoms with E-state index in [4.69, 9.17) is 0 Å². The van der Waals surface area contributed by atoms with E-state index >= 15 is 0 Å². The molecule has 0 bridgehead atoms. The van der Waals surface area contributed by atoms with Gasteiger partial charge in [0.1, 0.15) is 0 Å². The SMILES string of the molecule is Cc1ccc(NC(=O)[C@@H](C)NS(=O)(=O)c2ccc(Br)cc2)cc1C. The molecule has 0 heterocycles. The van der Waals surface area contributed by atoms with Crippen LogP contribution in [0.25, 0.3) is 0 Å². The molecule has 0 radical (unpaired) electrons. The zero-order valence-corrected chi connectivity index (χ0v) is 16.0. The molecule has 0 aliphatic heterocycles. The summed E-state index contributed by atoms with van der Waals surface area (Å²) in [4.78, 5) is 12.3. The molecule has 0 aliphatic rings. The number of hydrogen-bond donors (Lipinski definition) is 2. The number of carbonyl (C=O) groups excluding carboxylic acids is 1. The number of aryl methyl sites for hydroxylation is 2. The van der Waals surface area contributed by atoms with Gasteiger partial charge in [0.25, 0.3) is 0 Å². The molecule has 5 nitrogen and oxygen atoms in total. The van der Waals surface area contributed by atoms with E-state index in [-0.39, 0.29) is 4.90 Å². The highest BCUT2D eigenvalue weighted by molar-refractivity contribution is 9.10. The third kappa shape index (κ3) is 4.66. The predicted octanol–water partition coefficient (Wildman–Crippen LogP) is 3.37. The van der Waals surface area contributed by atoms with Crippen molar-refractivity contribution in [2.75, 3.05) is 5.32 Å². The number of carbonyl (C=O) groups is 1. The van der Waals surface area contributed by atoms with Crippen LogP contribution in [0.4, 0.5) is 5.69 Å². The number of rotatable bonds is 5. The second-order valence-corrected chi connectivity index (χ2v) is 8.21. The van der Waals surface area contributed by atoms with Gasteiger partial charge in [-0.05, 0) is 68.3 Å². The van der Waals surface area contributed by atoms with E-state index in [1.165, 1.54) is 19.1 Å². The number of anilines is 1. The Balaban J connectivity index is 2.07. The van der Waals surface area contributed by atoms with E-state index in [9.17, 15) is 13.2 Å². The number of sulfonamides is 1. The molecule has 128 valence electrons. The van der Waals surface area contributed by atoms with Crippen molar-refractivity contribution in [3.05, 3.63) is 58.1 Å². The van der Waals surface area contributed by atoms with E-state index in [1.807, 2.05) is 26.0 Å². The summed E-state index contributed by atoms with van der Waals surface area (Å²) >= 11 is 3.25. The Kier molecular flexibility index (Phi) is 5.79. The number of halogens is 1. The van der Waals surface area contributed by atoms with E-state index < -0.39 is 22.0 Å². The fourth-order valence-electron chi connectivity index (χ4n) is 2.04. The van der Waals surface area contributed by atoms with E-state index in [0.29, 0.717) is 5.69 Å². The molecule has 2 aromatic rings. The Hall–Kier alpha value is -1.70. The minimum Gasteiger partial charge on any atom is -0.325 e. The van der Waals surface area contributed by atoms with Crippen molar-refractivity contribution in [2.45, 2.75) is 31.7 Å². The van der Waals surface area contributed by atoms with Crippen LogP contribution < -0.4 is 10.0 Å². The molecule has 2 rings (SSSR count). The number of hydrogen-bond acceptors (Lipinski definition) is 3. The van der Waals surface area contributed by atoms with Gasteiger partial charge in [0, 0.05) is 10.2 Å². The minimum atomic E-state index is -3.76. The molecule has 0 unspecified atom stereocenters. The van der Waals surface area contributed by atoms with Crippen LogP contribution in [-0.2, 0) is 14.8 Å². The molecule has 1 amide bonds. The third-order valence-corrected chi connectivity index (χ3v) is 5.71. The molecule has 2 N–H and O–H groups in total. The second kappa shape index (κ2) is 7.46. The first kappa shape index (κ1) is 18.6. The number of nitrogens with one attached hydrogen (secondary N) is 2. The van der Waals surface area contributed by atoms with E-state index in [0.717, 1.165) is 15.6 Å². The normalized spacial score (nSPS) is 12.7. The van der Waals surface area contributed by atoms with Gasteiger partial charge in [-0.2, -0.15) is 4.72 Å². The topological polar surface area (TPSA) is 75.3 Å². The van der Waals surface area contributed by atoms with Crippen molar-refractivity contribution in [3.8, 4) is 0 Å². The second-order valence-electron chi connectivity index (χ2n) is 5.59. The van der Waals surface area contributed by atoms with Gasteiger partial charge in [-0.15, -0.1) is 0 Å². The Labute approximate surface area is 150 Å². The maximum Gasteiger partial charge on any atom is 0.242 e. The van der Waals surface area contributed by atoms with Crippen LogP contribution in [0.2, 0.25) is 0 Å². The molecule has 2 aromatic carbocycles. The third-order valence-electron chi connectivity index (χ3n) is 3.62. The van der Waals surface area contributed by atoms with Gasteiger partial charge in [-0.25, -0.2) is 8.42 Å². The monoisotopic (exact) mass is 410 g/mol. The lowest BCUT2D eigenvalue weighted by Crippen LogP contribution is -2.41. The number of amides is 1. The van der Waals surface area contributed by atoms with Crippen LogP contribution in [0.1, 0.15) is 18.1 Å². The molecule has 0 saturated heterocycles. The lowest BCUT2D eigenvalue weighted by Gasteiger charge is -2.15. The van der Waals surface area contributed by atoms with Crippen LogP contribution in [-0.4, -0.2) is 20.4 Å². The highest BCUT2D eigenvalue weighted by atomic mass is 79.9. The highest BCUT2D eigenvalue weighted by Crippen LogP contribution is 2.16. The highest BCUT2D eigenvalue weighted by Gasteiger charge is 2.22. The summed E-state index contributed by atoms with van der Waals surface area (Å²) in [7, 11) is -3.76. The van der Waals surface area contributed by atoms with Gasteiger partial charge in [0.15, 0.2) is 0 Å². The first-order valence-corrected chi connectivity index (χ1v) is 9.62. The average Bonchev–Trinajstić information content (AvgIpc) is 2.51. The molecule has 0 fully saturated rings. The van der Waals surface area contributed by atoms with Crippen molar-refractivity contribution in [2.24, 2.45) is 0 Å². The fourth-order valence-corrected chi connectivity index (χ4v) is 3.51. The zero-order valence-electron chi connectivity index (χ0n) is 13.6. The zero-order chi connectivity index (χ0) is 17.9. The van der Waals surface area contributed by atoms with E-state index in [1.54, 1.807) is 18.2 Å². The smallest absolute Gasteiger partial charge is 0.242 e. The van der Waals surface area contributed by atoms with Crippen LogP contribution in [0.3, 0.4) is 0 Å². The van der Waals surface area contributed by atoms with Crippen molar-refractivity contribution < 1.29 is 13.2 Å². The van der Waals surface area contributed by atoms with Crippen molar-refractivity contribution >= 4 is 37.5 Å². The maximum atomic E-state index is 12.3. The van der Waals surface area contributed by atoms with Crippen molar-refractivity contribution in [3.63, 3.8) is 0 Å². The first-order valence-electron chi connectivity index (χ1n) is 7.35. The summed E-state index contributed by atoms with van der Waals surface area (Å²) in [5.41, 5.74) is 2.81. The average molecular weight is 411 g/mol. The quantitative estimate of drug-likeness (QED) is 0.792. The summed E-state index contributed by atoms with van der Waals surface area (Å²) in [5.74, 6) is -0.418. The molecule has 1 atom stereocenters. The van der Waals surface area contributed by atoms with Gasteiger partial charge in [0.05, 0.1) is 10.9 Å². The van der Waals surface area contributed by atoms with Gasteiger partial charge < -0.3 is 5.32 Å². The molecule has 7 heteroatoms. The van der Waals surface area contributed by atoms with Crippen LogP contribution in [0.15, 0.2) is 51.8 Å². The summed E-state index contributed by atoms with van der Waals surface area (Å²) in [6, 6.07) is 10.9. The maximum absolute atomic E-state index is 12.3. The van der Waals surface area contributed by atoms with Crippen LogP contribution in [0, 0.1) is 13.8 Å². The molecule has 0 saturated carbocycles. The first-order chi connectivity index (χ1) is 11.2. The van der Waals surface area contributed by atoms with Crippen LogP contribution in [0.5, 0.6) is 0 Å². The lowest BCUT2D eigenvalue weighted by atomic mass is 10.1. The van der Waals surface area contributed by atoms with Gasteiger partial charge >= 0.3 is 0 Å². The molecular weight excluding hydrogens is 392 g/mol. The molecule has 24 heavy (non-hydrogen) atoms. The molecule has 0 aliphatic carbocycles. The summed E-state index contributed by atoms with van der Waals surface area (Å²) < 4.78 is 27.8. The summed E-state index contributed by atoms with van der Waals surface area (Å²) in [6.45, 7) is 5.44. The standard InChI is InChI=1S/C17H19BrN2O3S/c1-11-4-7-15(10-12(11)2)19-17(21)13(3)20-24(22,23)16-8-5-14(18)6-9-16/h4-10,13,20H,1-3H3,(H,19,21)/t13-/m1/s1. The summed E-state index contributed by atoms with van der Waals surface area (Å²) in [6.07, 6.45) is 0. The minimum absolute atomic E-state index is 0.108. The van der Waals surface area contributed by atoms with Gasteiger partial charge in [0.2, 0.25) is 15.9 Å². The molecule has 0 aromatic heterocycles. The molecule has 0 spiro atoms. The van der Waals surface area contributed by atoms with Crippen LogP contribution >= 0.6 is 15.9 Å². The number of benzene rings is 2. The summed E-state index contributed by atoms with van der Waals surface area (Å²) in [5, 5.41) is 2.72. The lowest BCUT2D eigenvalue weighted by molar-refractivity contribution is -0.117. The Morgan fingerprint density at radius 1 is 1.04 bits per heavy atom. The van der Waals surface area contributed by atoms with Crippen molar-refractivity contribution in [1.29, 1.82) is 0 Å². The predicted molar refractivity (Wildman–Crippen MR) is 98.5 cm³/mol. The van der Waals surface area contributed by atoms with Gasteiger partial charge in [-0.1, -0.05) is 22.0 Å². The molecular formula is C17H19BrN2O3S. The Bertz CT molecular complexity index is 849. The fraction of sp³-hybridized carbons (Fsp3) is 0.235.